The topological polar surface area (TPSA) is 57.8 Å². The highest BCUT2D eigenvalue weighted by molar-refractivity contribution is 5.74. The third-order valence-corrected chi connectivity index (χ3v) is 4.07. The van der Waals surface area contributed by atoms with E-state index in [1.807, 2.05) is 47.7 Å². The molecular weight excluding hydrogens is 254 g/mol. The second kappa shape index (κ2) is 4.90. The summed E-state index contributed by atoms with van der Waals surface area (Å²) in [6, 6.07) is 3.63. The van der Waals surface area contributed by atoms with Gasteiger partial charge in [-0.3, -0.25) is 9.69 Å². The van der Waals surface area contributed by atoms with E-state index in [1.54, 1.807) is 0 Å². The van der Waals surface area contributed by atoms with Crippen LogP contribution in [-0.4, -0.2) is 37.9 Å². The van der Waals surface area contributed by atoms with Crippen molar-refractivity contribution in [3.8, 4) is 0 Å². The quantitative estimate of drug-likeness (QED) is 0.928. The van der Waals surface area contributed by atoms with E-state index in [2.05, 4.69) is 4.98 Å². The SMILES string of the molecule is Cc1ccc2nc(CN3CCC(C)C3C(=O)O)cn2c1. The third kappa shape index (κ3) is 2.29. The van der Waals surface area contributed by atoms with Gasteiger partial charge in [0.2, 0.25) is 0 Å². The molecule has 1 N–H and O–H groups in total. The molecule has 1 aliphatic rings. The Kier molecular flexibility index (Phi) is 3.22. The number of aromatic nitrogens is 2. The number of imidazole rings is 1. The van der Waals surface area contributed by atoms with Gasteiger partial charge in [0.25, 0.3) is 0 Å². The van der Waals surface area contributed by atoms with Gasteiger partial charge in [-0.1, -0.05) is 13.0 Å². The number of aliphatic carboxylic acids is 1. The molecule has 0 saturated carbocycles. The summed E-state index contributed by atoms with van der Waals surface area (Å²) in [5.41, 5.74) is 3.01. The van der Waals surface area contributed by atoms with Crippen LogP contribution in [0.1, 0.15) is 24.6 Å². The summed E-state index contributed by atoms with van der Waals surface area (Å²) in [7, 11) is 0. The summed E-state index contributed by atoms with van der Waals surface area (Å²) in [6.45, 7) is 5.47. The van der Waals surface area contributed by atoms with Crippen molar-refractivity contribution in [3.05, 3.63) is 35.8 Å². The number of likely N-dealkylation sites (tertiary alicyclic amines) is 1. The first kappa shape index (κ1) is 13.1. The number of carbonyl (C=O) groups is 1. The maximum absolute atomic E-state index is 11.4. The molecule has 0 aliphatic carbocycles. The Bertz CT molecular complexity index is 650. The molecule has 1 saturated heterocycles. The standard InChI is InChI=1S/C15H19N3O2/c1-10-3-4-13-16-12(9-18(13)7-10)8-17-6-5-11(2)14(17)15(19)20/h3-4,7,9,11,14H,5-6,8H2,1-2H3,(H,19,20). The predicted molar refractivity (Wildman–Crippen MR) is 75.5 cm³/mol. The van der Waals surface area contributed by atoms with Crippen LogP contribution in [-0.2, 0) is 11.3 Å². The number of hydrogen-bond acceptors (Lipinski definition) is 3. The summed E-state index contributed by atoms with van der Waals surface area (Å²) in [4.78, 5) is 17.9. The van der Waals surface area contributed by atoms with Gasteiger partial charge in [0.15, 0.2) is 0 Å². The zero-order valence-electron chi connectivity index (χ0n) is 11.8. The molecule has 1 fully saturated rings. The molecular formula is C15H19N3O2. The van der Waals surface area contributed by atoms with Gasteiger partial charge in [-0.2, -0.15) is 0 Å². The normalized spacial score (nSPS) is 23.5. The van der Waals surface area contributed by atoms with Gasteiger partial charge in [-0.05, 0) is 37.4 Å². The Morgan fingerprint density at radius 1 is 1.45 bits per heavy atom. The molecule has 0 spiro atoms. The highest BCUT2D eigenvalue weighted by Gasteiger charge is 2.36. The second-order valence-electron chi connectivity index (χ2n) is 5.72. The summed E-state index contributed by atoms with van der Waals surface area (Å²) in [5.74, 6) is -0.526. The summed E-state index contributed by atoms with van der Waals surface area (Å²) in [5, 5.41) is 9.34. The zero-order valence-corrected chi connectivity index (χ0v) is 11.8. The van der Waals surface area contributed by atoms with E-state index in [-0.39, 0.29) is 12.0 Å². The highest BCUT2D eigenvalue weighted by atomic mass is 16.4. The molecule has 2 unspecified atom stereocenters. The number of aryl methyl sites for hydroxylation is 1. The molecule has 3 heterocycles. The average Bonchev–Trinajstić information content (AvgIpc) is 2.92. The summed E-state index contributed by atoms with van der Waals surface area (Å²) >= 11 is 0. The van der Waals surface area contributed by atoms with Gasteiger partial charge < -0.3 is 9.51 Å². The monoisotopic (exact) mass is 273 g/mol. The molecule has 5 heteroatoms. The molecule has 106 valence electrons. The van der Waals surface area contributed by atoms with Gasteiger partial charge in [-0.15, -0.1) is 0 Å². The number of rotatable bonds is 3. The minimum absolute atomic E-state index is 0.201. The fraction of sp³-hybridized carbons (Fsp3) is 0.467. The Hall–Kier alpha value is -1.88. The maximum Gasteiger partial charge on any atom is 0.321 e. The van der Waals surface area contributed by atoms with Crippen molar-refractivity contribution in [2.45, 2.75) is 32.9 Å². The van der Waals surface area contributed by atoms with Gasteiger partial charge in [-0.25, -0.2) is 4.98 Å². The van der Waals surface area contributed by atoms with Crippen molar-refractivity contribution in [3.63, 3.8) is 0 Å². The third-order valence-electron chi connectivity index (χ3n) is 4.07. The smallest absolute Gasteiger partial charge is 0.321 e. The molecule has 0 radical (unpaired) electrons. The van der Waals surface area contributed by atoms with Crippen molar-refractivity contribution in [2.75, 3.05) is 6.54 Å². The molecule has 2 aromatic heterocycles. The van der Waals surface area contributed by atoms with E-state index in [0.717, 1.165) is 24.3 Å². The van der Waals surface area contributed by atoms with E-state index in [9.17, 15) is 9.90 Å². The van der Waals surface area contributed by atoms with Crippen molar-refractivity contribution < 1.29 is 9.90 Å². The van der Waals surface area contributed by atoms with Crippen molar-refractivity contribution in [1.29, 1.82) is 0 Å². The summed E-state index contributed by atoms with van der Waals surface area (Å²) < 4.78 is 2.00. The molecule has 2 atom stereocenters. The lowest BCUT2D eigenvalue weighted by Crippen LogP contribution is -2.38. The average molecular weight is 273 g/mol. The molecule has 20 heavy (non-hydrogen) atoms. The molecule has 0 aromatic carbocycles. The van der Waals surface area contributed by atoms with Gasteiger partial charge >= 0.3 is 5.97 Å². The van der Waals surface area contributed by atoms with Gasteiger partial charge in [0.05, 0.1) is 5.69 Å². The van der Waals surface area contributed by atoms with E-state index >= 15 is 0 Å². The predicted octanol–water partition coefficient (Wildman–Crippen LogP) is 1.94. The zero-order chi connectivity index (χ0) is 14.3. The first-order valence-electron chi connectivity index (χ1n) is 6.95. The number of pyridine rings is 1. The maximum atomic E-state index is 11.4. The Morgan fingerprint density at radius 2 is 2.25 bits per heavy atom. The van der Waals surface area contributed by atoms with Crippen molar-refractivity contribution >= 4 is 11.6 Å². The fourth-order valence-electron chi connectivity index (χ4n) is 3.04. The molecule has 0 amide bonds. The number of nitrogens with zero attached hydrogens (tertiary/aromatic N) is 3. The van der Waals surface area contributed by atoms with Crippen LogP contribution in [0.4, 0.5) is 0 Å². The first-order valence-corrected chi connectivity index (χ1v) is 6.95. The lowest BCUT2D eigenvalue weighted by Gasteiger charge is -2.21. The molecule has 0 bridgehead atoms. The molecule has 5 nitrogen and oxygen atoms in total. The second-order valence-corrected chi connectivity index (χ2v) is 5.72. The largest absolute Gasteiger partial charge is 0.480 e. The van der Waals surface area contributed by atoms with Crippen LogP contribution in [0, 0.1) is 12.8 Å². The minimum atomic E-state index is -0.727. The molecule has 3 rings (SSSR count). The van der Waals surface area contributed by atoms with Crippen LogP contribution in [0.25, 0.3) is 5.65 Å². The summed E-state index contributed by atoms with van der Waals surface area (Å²) in [6.07, 6.45) is 4.96. The van der Waals surface area contributed by atoms with E-state index in [1.165, 1.54) is 5.56 Å². The Morgan fingerprint density at radius 3 is 3.00 bits per heavy atom. The van der Waals surface area contributed by atoms with Crippen LogP contribution in [0.15, 0.2) is 24.5 Å². The van der Waals surface area contributed by atoms with Crippen LogP contribution >= 0.6 is 0 Å². The number of hydrogen-bond donors (Lipinski definition) is 1. The highest BCUT2D eigenvalue weighted by Crippen LogP contribution is 2.25. The lowest BCUT2D eigenvalue weighted by molar-refractivity contribution is -0.143. The van der Waals surface area contributed by atoms with Crippen LogP contribution in [0.5, 0.6) is 0 Å². The number of carboxylic acid groups (broad SMARTS) is 1. The minimum Gasteiger partial charge on any atom is -0.480 e. The molecule has 2 aromatic rings. The first-order chi connectivity index (χ1) is 9.54. The van der Waals surface area contributed by atoms with Crippen LogP contribution in [0.3, 0.4) is 0 Å². The van der Waals surface area contributed by atoms with Crippen LogP contribution in [0.2, 0.25) is 0 Å². The Balaban J connectivity index is 1.84. The Labute approximate surface area is 117 Å². The van der Waals surface area contributed by atoms with Crippen LogP contribution < -0.4 is 0 Å². The van der Waals surface area contributed by atoms with Crippen molar-refractivity contribution in [2.24, 2.45) is 5.92 Å². The van der Waals surface area contributed by atoms with E-state index < -0.39 is 5.97 Å². The van der Waals surface area contributed by atoms with Gasteiger partial charge in [0.1, 0.15) is 11.7 Å². The lowest BCUT2D eigenvalue weighted by atomic mass is 10.0. The van der Waals surface area contributed by atoms with E-state index in [4.69, 9.17) is 0 Å². The van der Waals surface area contributed by atoms with E-state index in [0.29, 0.717) is 6.54 Å². The molecule has 1 aliphatic heterocycles. The van der Waals surface area contributed by atoms with Gasteiger partial charge in [0, 0.05) is 18.9 Å². The fourth-order valence-corrected chi connectivity index (χ4v) is 3.04. The number of fused-ring (bicyclic) bond motifs is 1. The number of carboxylic acids is 1. The van der Waals surface area contributed by atoms with Crippen molar-refractivity contribution in [1.82, 2.24) is 14.3 Å².